The predicted molar refractivity (Wildman–Crippen MR) is 136 cm³/mol. The van der Waals surface area contributed by atoms with Crippen molar-refractivity contribution in [2.24, 2.45) is 10.9 Å². The molecule has 30 heavy (non-hydrogen) atoms. The molecule has 6 nitrogen and oxygen atoms in total. The lowest BCUT2D eigenvalue weighted by Gasteiger charge is -2.31. The van der Waals surface area contributed by atoms with Crippen molar-refractivity contribution in [2.45, 2.75) is 32.7 Å². The number of likely N-dealkylation sites (tertiary alicyclic amines) is 1. The average Bonchev–Trinajstić information content (AvgIpc) is 3.16. The van der Waals surface area contributed by atoms with E-state index in [4.69, 9.17) is 4.74 Å². The molecule has 0 aliphatic carbocycles. The fourth-order valence-corrected chi connectivity index (χ4v) is 4.11. The number of aliphatic imine (C=N–C) groups is 1. The number of benzene rings is 1. The number of aromatic nitrogens is 1. The predicted octanol–water partition coefficient (Wildman–Crippen LogP) is 3.92. The summed E-state index contributed by atoms with van der Waals surface area (Å²) in [5.41, 5.74) is 1.21. The summed E-state index contributed by atoms with van der Waals surface area (Å²) in [6.07, 6.45) is 3.38. The Morgan fingerprint density at radius 3 is 2.67 bits per heavy atom. The first-order valence-corrected chi connectivity index (χ1v) is 11.4. The molecule has 0 spiro atoms. The molecule has 1 fully saturated rings. The smallest absolute Gasteiger partial charge is 0.190 e. The second kappa shape index (κ2) is 13.8. The van der Waals surface area contributed by atoms with Crippen LogP contribution < -0.4 is 15.4 Å². The van der Waals surface area contributed by atoms with Crippen molar-refractivity contribution < 1.29 is 4.74 Å². The van der Waals surface area contributed by atoms with Crippen LogP contribution in [0.25, 0.3) is 0 Å². The standard InChI is InChI=1S/C22H33N5OS.HI/c1-18-26-20(17-29-18)16-27-12-9-19(10-13-27)15-25-22(23-2)24-11-6-14-28-21-7-4-3-5-8-21;/h3-5,7-8,17,19H,6,9-16H2,1-2H3,(H2,23,24,25);1H. The van der Waals surface area contributed by atoms with Crippen LogP contribution in [0.15, 0.2) is 40.7 Å². The van der Waals surface area contributed by atoms with Crippen LogP contribution in [0.5, 0.6) is 5.75 Å². The Bertz CT molecular complexity index is 747. The van der Waals surface area contributed by atoms with Gasteiger partial charge in [-0.3, -0.25) is 9.89 Å². The molecule has 0 amide bonds. The monoisotopic (exact) mass is 543 g/mol. The largest absolute Gasteiger partial charge is 0.494 e. The van der Waals surface area contributed by atoms with E-state index >= 15 is 0 Å². The Kier molecular flexibility index (Phi) is 11.5. The van der Waals surface area contributed by atoms with E-state index in [0.29, 0.717) is 12.5 Å². The number of rotatable bonds is 9. The lowest BCUT2D eigenvalue weighted by Crippen LogP contribution is -2.43. The third-order valence-corrected chi connectivity index (χ3v) is 5.99. The van der Waals surface area contributed by atoms with Gasteiger partial charge in [-0.1, -0.05) is 18.2 Å². The quantitative estimate of drug-likeness (QED) is 0.217. The van der Waals surface area contributed by atoms with Gasteiger partial charge in [-0.05, 0) is 57.3 Å². The van der Waals surface area contributed by atoms with Crippen molar-refractivity contribution in [1.29, 1.82) is 0 Å². The molecule has 1 aromatic heterocycles. The number of ether oxygens (including phenoxy) is 1. The number of halogens is 1. The summed E-state index contributed by atoms with van der Waals surface area (Å²) in [5, 5.41) is 10.2. The van der Waals surface area contributed by atoms with Gasteiger partial charge in [0.05, 0.1) is 17.3 Å². The van der Waals surface area contributed by atoms with E-state index in [2.05, 4.69) is 37.8 Å². The van der Waals surface area contributed by atoms with E-state index in [1.165, 1.54) is 18.5 Å². The Hall–Kier alpha value is -1.39. The summed E-state index contributed by atoms with van der Waals surface area (Å²) >= 11 is 1.74. The highest BCUT2D eigenvalue weighted by Gasteiger charge is 2.20. The molecule has 1 aliphatic rings. The van der Waals surface area contributed by atoms with Crippen LogP contribution in [0.2, 0.25) is 0 Å². The molecule has 0 radical (unpaired) electrons. The summed E-state index contributed by atoms with van der Waals surface area (Å²) < 4.78 is 5.72. The third kappa shape index (κ3) is 8.77. The van der Waals surface area contributed by atoms with E-state index in [0.717, 1.165) is 55.9 Å². The highest BCUT2D eigenvalue weighted by atomic mass is 127. The molecule has 1 aromatic carbocycles. The summed E-state index contributed by atoms with van der Waals surface area (Å²) in [7, 11) is 1.83. The number of piperidine rings is 1. The van der Waals surface area contributed by atoms with Crippen molar-refractivity contribution in [3.8, 4) is 5.75 Å². The average molecular weight is 544 g/mol. The summed E-state index contributed by atoms with van der Waals surface area (Å²) in [4.78, 5) is 11.4. The lowest BCUT2D eigenvalue weighted by atomic mass is 9.97. The Labute approximate surface area is 201 Å². The molecule has 2 heterocycles. The topological polar surface area (TPSA) is 61.8 Å². The van der Waals surface area contributed by atoms with Crippen LogP contribution in [-0.2, 0) is 6.54 Å². The number of aryl methyl sites for hydroxylation is 1. The summed E-state index contributed by atoms with van der Waals surface area (Å²) in [6, 6.07) is 9.94. The first kappa shape index (κ1) is 24.9. The zero-order valence-electron chi connectivity index (χ0n) is 18.0. The van der Waals surface area contributed by atoms with Crippen LogP contribution in [-0.4, -0.2) is 55.7 Å². The van der Waals surface area contributed by atoms with E-state index in [9.17, 15) is 0 Å². The van der Waals surface area contributed by atoms with Crippen LogP contribution in [0.3, 0.4) is 0 Å². The second-order valence-corrected chi connectivity index (χ2v) is 8.53. The van der Waals surface area contributed by atoms with Crippen molar-refractivity contribution in [3.05, 3.63) is 46.4 Å². The van der Waals surface area contributed by atoms with Gasteiger partial charge in [-0.15, -0.1) is 35.3 Å². The van der Waals surface area contributed by atoms with Crippen molar-refractivity contribution in [1.82, 2.24) is 20.5 Å². The molecule has 1 saturated heterocycles. The Morgan fingerprint density at radius 1 is 1.23 bits per heavy atom. The first-order chi connectivity index (χ1) is 14.2. The fourth-order valence-electron chi connectivity index (χ4n) is 3.51. The molecule has 0 bridgehead atoms. The van der Waals surface area contributed by atoms with Gasteiger partial charge >= 0.3 is 0 Å². The van der Waals surface area contributed by atoms with Crippen LogP contribution in [0, 0.1) is 12.8 Å². The lowest BCUT2D eigenvalue weighted by molar-refractivity contribution is 0.176. The number of thiazole rings is 1. The molecule has 8 heteroatoms. The van der Waals surface area contributed by atoms with Crippen LogP contribution in [0.1, 0.15) is 30.0 Å². The molecule has 1 aliphatic heterocycles. The number of para-hydroxylation sites is 1. The van der Waals surface area contributed by atoms with Crippen molar-refractivity contribution >= 4 is 41.3 Å². The molecule has 0 atom stereocenters. The van der Waals surface area contributed by atoms with Gasteiger partial charge in [0, 0.05) is 32.1 Å². The number of hydrogen-bond donors (Lipinski definition) is 2. The minimum absolute atomic E-state index is 0. The van der Waals surface area contributed by atoms with E-state index in [-0.39, 0.29) is 24.0 Å². The maximum Gasteiger partial charge on any atom is 0.190 e. The maximum absolute atomic E-state index is 5.72. The summed E-state index contributed by atoms with van der Waals surface area (Å²) in [5.74, 6) is 2.50. The number of hydrogen-bond acceptors (Lipinski definition) is 5. The van der Waals surface area contributed by atoms with Gasteiger partial charge in [-0.25, -0.2) is 4.98 Å². The SMILES string of the molecule is CN=C(NCCCOc1ccccc1)NCC1CCN(Cc2csc(C)n2)CC1.I. The maximum atomic E-state index is 5.72. The van der Waals surface area contributed by atoms with E-state index in [1.54, 1.807) is 11.3 Å². The highest BCUT2D eigenvalue weighted by molar-refractivity contribution is 14.0. The van der Waals surface area contributed by atoms with Gasteiger partial charge in [0.1, 0.15) is 5.75 Å². The third-order valence-electron chi connectivity index (χ3n) is 5.17. The highest BCUT2D eigenvalue weighted by Crippen LogP contribution is 2.19. The second-order valence-electron chi connectivity index (χ2n) is 7.47. The number of nitrogens with zero attached hydrogens (tertiary/aromatic N) is 3. The van der Waals surface area contributed by atoms with Crippen molar-refractivity contribution in [2.75, 3.05) is 39.8 Å². The molecule has 166 valence electrons. The molecule has 2 N–H and O–H groups in total. The fraction of sp³-hybridized carbons (Fsp3) is 0.545. The number of nitrogens with one attached hydrogen (secondary N) is 2. The van der Waals surface area contributed by atoms with Gasteiger partial charge < -0.3 is 15.4 Å². The molecule has 3 rings (SSSR count). The molecule has 0 saturated carbocycles. The Balaban J connectivity index is 0.00000320. The molecular formula is C22H34IN5OS. The minimum atomic E-state index is 0. The van der Waals surface area contributed by atoms with Gasteiger partial charge in [0.25, 0.3) is 0 Å². The molecular weight excluding hydrogens is 509 g/mol. The van der Waals surface area contributed by atoms with Gasteiger partial charge in [-0.2, -0.15) is 0 Å². The van der Waals surface area contributed by atoms with Crippen molar-refractivity contribution in [3.63, 3.8) is 0 Å². The zero-order valence-corrected chi connectivity index (χ0v) is 21.1. The van der Waals surface area contributed by atoms with Gasteiger partial charge in [0.15, 0.2) is 5.96 Å². The Morgan fingerprint density at radius 2 is 2.00 bits per heavy atom. The van der Waals surface area contributed by atoms with E-state index in [1.807, 2.05) is 37.4 Å². The molecule has 0 unspecified atom stereocenters. The van der Waals surface area contributed by atoms with Crippen LogP contribution in [0.4, 0.5) is 0 Å². The minimum Gasteiger partial charge on any atom is -0.494 e. The summed E-state index contributed by atoms with van der Waals surface area (Å²) in [6.45, 7) is 7.87. The van der Waals surface area contributed by atoms with Gasteiger partial charge in [0.2, 0.25) is 0 Å². The first-order valence-electron chi connectivity index (χ1n) is 10.5. The number of guanidine groups is 1. The molecule has 2 aromatic rings. The normalized spacial score (nSPS) is 15.5. The zero-order chi connectivity index (χ0) is 20.3. The van der Waals surface area contributed by atoms with Crippen LogP contribution >= 0.6 is 35.3 Å². The van der Waals surface area contributed by atoms with E-state index < -0.39 is 0 Å².